The SMILES string of the molecule is Cc1cc(C)n(Cc2cccc(/C(N)=N/OCc3cc(Cl)c4c(c3)OCO4)c2)n1. The molecular weight excluding hydrogens is 392 g/mol. The van der Waals surface area contributed by atoms with Gasteiger partial charge in [-0.1, -0.05) is 35.0 Å². The Balaban J connectivity index is 1.43. The molecule has 8 heteroatoms. The molecule has 2 aromatic carbocycles. The normalized spacial score (nSPS) is 13.0. The molecule has 2 N–H and O–H groups in total. The zero-order valence-electron chi connectivity index (χ0n) is 16.2. The number of oxime groups is 1. The van der Waals surface area contributed by atoms with E-state index in [1.165, 1.54) is 0 Å². The van der Waals surface area contributed by atoms with Gasteiger partial charge >= 0.3 is 0 Å². The second-order valence-electron chi connectivity index (χ2n) is 6.85. The lowest BCUT2D eigenvalue weighted by Gasteiger charge is -2.08. The third kappa shape index (κ3) is 4.30. The summed E-state index contributed by atoms with van der Waals surface area (Å²) in [5.74, 6) is 1.45. The Kier molecular flexibility index (Phi) is 5.31. The number of hydrogen-bond donors (Lipinski definition) is 1. The molecular formula is C21H21ClN4O3. The molecule has 1 aromatic heterocycles. The molecule has 0 atom stereocenters. The Bertz CT molecular complexity index is 1080. The average Bonchev–Trinajstić information content (AvgIpc) is 3.28. The third-order valence-corrected chi connectivity index (χ3v) is 4.82. The van der Waals surface area contributed by atoms with E-state index < -0.39 is 0 Å². The number of hydrogen-bond acceptors (Lipinski definition) is 5. The standard InChI is InChI=1S/C21H21ClN4O3/c1-13-6-14(2)26(24-13)10-15-4-3-5-17(7-15)21(23)25-29-11-16-8-18(22)20-19(9-16)27-12-28-20/h3-9H,10-12H2,1-2H3,(H2,23,25). The maximum atomic E-state index is 6.18. The van der Waals surface area contributed by atoms with E-state index in [1.54, 1.807) is 6.07 Å². The Hall–Kier alpha value is -3.19. The summed E-state index contributed by atoms with van der Waals surface area (Å²) in [5, 5.41) is 9.01. The van der Waals surface area contributed by atoms with Crippen molar-refractivity contribution in [2.75, 3.05) is 6.79 Å². The van der Waals surface area contributed by atoms with Crippen molar-refractivity contribution in [1.29, 1.82) is 0 Å². The fraction of sp³-hybridized carbons (Fsp3) is 0.238. The highest BCUT2D eigenvalue weighted by molar-refractivity contribution is 6.32. The van der Waals surface area contributed by atoms with E-state index in [0.29, 0.717) is 28.9 Å². The smallest absolute Gasteiger partial charge is 0.231 e. The summed E-state index contributed by atoms with van der Waals surface area (Å²) in [4.78, 5) is 5.42. The van der Waals surface area contributed by atoms with Crippen LogP contribution in [-0.4, -0.2) is 22.4 Å². The summed E-state index contributed by atoms with van der Waals surface area (Å²) in [5.41, 5.74) is 10.9. The van der Waals surface area contributed by atoms with Gasteiger partial charge in [-0.05, 0) is 49.2 Å². The van der Waals surface area contributed by atoms with Gasteiger partial charge in [-0.2, -0.15) is 5.10 Å². The fourth-order valence-corrected chi connectivity index (χ4v) is 3.46. The second-order valence-corrected chi connectivity index (χ2v) is 7.25. The predicted octanol–water partition coefficient (Wildman–Crippen LogP) is 3.77. The largest absolute Gasteiger partial charge is 0.454 e. The topological polar surface area (TPSA) is 83.9 Å². The Morgan fingerprint density at radius 3 is 2.86 bits per heavy atom. The van der Waals surface area contributed by atoms with Crippen LogP contribution in [0.2, 0.25) is 5.02 Å². The van der Waals surface area contributed by atoms with Crippen LogP contribution < -0.4 is 15.2 Å². The lowest BCUT2D eigenvalue weighted by atomic mass is 10.1. The highest BCUT2D eigenvalue weighted by atomic mass is 35.5. The van der Waals surface area contributed by atoms with Crippen LogP contribution in [0.15, 0.2) is 47.6 Å². The number of ether oxygens (including phenoxy) is 2. The number of fused-ring (bicyclic) bond motifs is 1. The summed E-state index contributed by atoms with van der Waals surface area (Å²) in [6, 6.07) is 13.5. The molecule has 0 unspecified atom stereocenters. The molecule has 150 valence electrons. The van der Waals surface area contributed by atoms with Crippen molar-refractivity contribution in [2.45, 2.75) is 27.0 Å². The van der Waals surface area contributed by atoms with Crippen molar-refractivity contribution in [3.05, 3.63) is 75.6 Å². The third-order valence-electron chi connectivity index (χ3n) is 4.54. The predicted molar refractivity (Wildman–Crippen MR) is 110 cm³/mol. The summed E-state index contributed by atoms with van der Waals surface area (Å²) >= 11 is 6.18. The molecule has 1 aliphatic heterocycles. The van der Waals surface area contributed by atoms with Gasteiger partial charge in [-0.25, -0.2) is 0 Å². The Labute approximate surface area is 173 Å². The summed E-state index contributed by atoms with van der Waals surface area (Å²) < 4.78 is 12.6. The number of amidine groups is 1. The first-order valence-electron chi connectivity index (χ1n) is 9.13. The van der Waals surface area contributed by atoms with E-state index in [9.17, 15) is 0 Å². The minimum Gasteiger partial charge on any atom is -0.454 e. The Morgan fingerprint density at radius 1 is 1.21 bits per heavy atom. The van der Waals surface area contributed by atoms with Gasteiger partial charge in [0, 0.05) is 11.3 Å². The summed E-state index contributed by atoms with van der Waals surface area (Å²) in [6.07, 6.45) is 0. The molecule has 0 amide bonds. The minimum atomic E-state index is 0.165. The number of nitrogens with zero attached hydrogens (tertiary/aromatic N) is 3. The molecule has 2 heterocycles. The first kappa shape index (κ1) is 19.1. The van der Waals surface area contributed by atoms with Gasteiger partial charge in [0.2, 0.25) is 6.79 Å². The van der Waals surface area contributed by atoms with E-state index in [0.717, 1.165) is 28.1 Å². The molecule has 7 nitrogen and oxygen atoms in total. The zero-order chi connectivity index (χ0) is 20.4. The van der Waals surface area contributed by atoms with Crippen molar-refractivity contribution in [3.8, 4) is 11.5 Å². The molecule has 0 spiro atoms. The highest BCUT2D eigenvalue weighted by Crippen LogP contribution is 2.39. The molecule has 3 aromatic rings. The fourth-order valence-electron chi connectivity index (χ4n) is 3.17. The van der Waals surface area contributed by atoms with Crippen LogP contribution in [0.4, 0.5) is 0 Å². The van der Waals surface area contributed by atoms with Crippen LogP contribution in [0.1, 0.15) is 28.1 Å². The van der Waals surface area contributed by atoms with E-state index >= 15 is 0 Å². The number of aryl methyl sites for hydroxylation is 2. The van der Waals surface area contributed by atoms with Gasteiger partial charge in [0.15, 0.2) is 17.3 Å². The Morgan fingerprint density at radius 2 is 2.07 bits per heavy atom. The van der Waals surface area contributed by atoms with Crippen LogP contribution in [0, 0.1) is 13.8 Å². The molecule has 1 aliphatic rings. The van der Waals surface area contributed by atoms with Crippen LogP contribution >= 0.6 is 11.6 Å². The molecule has 0 saturated heterocycles. The average molecular weight is 413 g/mol. The van der Waals surface area contributed by atoms with E-state index in [4.69, 9.17) is 31.6 Å². The maximum absolute atomic E-state index is 6.18. The molecule has 29 heavy (non-hydrogen) atoms. The van der Waals surface area contributed by atoms with Crippen molar-refractivity contribution in [1.82, 2.24) is 9.78 Å². The van der Waals surface area contributed by atoms with Crippen LogP contribution in [0.25, 0.3) is 0 Å². The molecule has 0 fully saturated rings. The molecule has 0 bridgehead atoms. The number of rotatable bonds is 6. The van der Waals surface area contributed by atoms with E-state index in [1.807, 2.05) is 48.9 Å². The zero-order valence-corrected chi connectivity index (χ0v) is 16.9. The van der Waals surface area contributed by atoms with Gasteiger partial charge in [0.25, 0.3) is 0 Å². The first-order chi connectivity index (χ1) is 14.0. The number of benzene rings is 2. The van der Waals surface area contributed by atoms with Crippen molar-refractivity contribution < 1.29 is 14.3 Å². The second kappa shape index (κ2) is 8.05. The monoisotopic (exact) mass is 412 g/mol. The van der Waals surface area contributed by atoms with Crippen LogP contribution in [0.5, 0.6) is 11.5 Å². The highest BCUT2D eigenvalue weighted by Gasteiger charge is 2.18. The van der Waals surface area contributed by atoms with Crippen LogP contribution in [0.3, 0.4) is 0 Å². The summed E-state index contributed by atoms with van der Waals surface area (Å²) in [6.45, 7) is 5.06. The lowest BCUT2D eigenvalue weighted by Crippen LogP contribution is -2.14. The van der Waals surface area contributed by atoms with Gasteiger partial charge in [-0.3, -0.25) is 4.68 Å². The van der Waals surface area contributed by atoms with Crippen molar-refractivity contribution in [3.63, 3.8) is 0 Å². The summed E-state index contributed by atoms with van der Waals surface area (Å²) in [7, 11) is 0. The number of nitrogens with two attached hydrogens (primary N) is 1. The van der Waals surface area contributed by atoms with Crippen molar-refractivity contribution >= 4 is 17.4 Å². The number of halogens is 1. The molecule has 0 aliphatic carbocycles. The first-order valence-corrected chi connectivity index (χ1v) is 9.51. The van der Waals surface area contributed by atoms with Gasteiger partial charge < -0.3 is 20.0 Å². The molecule has 4 rings (SSSR count). The lowest BCUT2D eigenvalue weighted by molar-refractivity contribution is 0.130. The number of aromatic nitrogens is 2. The van der Waals surface area contributed by atoms with Gasteiger partial charge in [0.05, 0.1) is 17.3 Å². The van der Waals surface area contributed by atoms with Gasteiger partial charge in [-0.15, -0.1) is 0 Å². The van der Waals surface area contributed by atoms with E-state index in [2.05, 4.69) is 16.3 Å². The van der Waals surface area contributed by atoms with Gasteiger partial charge in [0.1, 0.15) is 6.61 Å². The quantitative estimate of drug-likeness (QED) is 0.378. The molecule has 0 radical (unpaired) electrons. The van der Waals surface area contributed by atoms with Crippen molar-refractivity contribution in [2.24, 2.45) is 10.9 Å². The van der Waals surface area contributed by atoms with E-state index in [-0.39, 0.29) is 13.4 Å². The molecule has 0 saturated carbocycles. The van der Waals surface area contributed by atoms with Crippen LogP contribution in [-0.2, 0) is 18.0 Å². The maximum Gasteiger partial charge on any atom is 0.231 e. The minimum absolute atomic E-state index is 0.165.